The second-order valence-corrected chi connectivity index (χ2v) is 6.46. The fourth-order valence-corrected chi connectivity index (χ4v) is 3.19. The van der Waals surface area contributed by atoms with Gasteiger partial charge in [-0.25, -0.2) is 0 Å². The Hall–Kier alpha value is -0.340. The second kappa shape index (κ2) is 7.96. The minimum Gasteiger partial charge on any atom is -0.310 e. The summed E-state index contributed by atoms with van der Waals surface area (Å²) in [4.78, 5) is 0. The zero-order valence-corrected chi connectivity index (χ0v) is 13.6. The average molecular weight is 312 g/mol. The lowest BCUT2D eigenvalue weighted by Crippen LogP contribution is -2.23. The largest absolute Gasteiger partial charge is 0.310 e. The molecule has 0 bridgehead atoms. The molecule has 2 atom stereocenters. The Morgan fingerprint density at radius 1 is 1.11 bits per heavy atom. The molecule has 1 aromatic carbocycles. The van der Waals surface area contributed by atoms with Gasteiger partial charge in [0.05, 0.1) is 0 Å². The molecule has 0 saturated heterocycles. The summed E-state index contributed by atoms with van der Waals surface area (Å²) in [5.41, 5.74) is 1.38. The molecule has 18 heavy (non-hydrogen) atoms. The summed E-state index contributed by atoms with van der Waals surface area (Å²) in [5, 5.41) is 3.61. The number of hydrogen-bond donors (Lipinski definition) is 1. The lowest BCUT2D eigenvalue weighted by Gasteiger charge is -2.24. The van der Waals surface area contributed by atoms with Crippen molar-refractivity contribution in [3.05, 3.63) is 34.3 Å². The summed E-state index contributed by atoms with van der Waals surface area (Å²) in [6.07, 6.45) is 2.50. The number of hydrogen-bond acceptors (Lipinski definition) is 1. The van der Waals surface area contributed by atoms with Gasteiger partial charge in [-0.05, 0) is 42.9 Å². The van der Waals surface area contributed by atoms with Crippen molar-refractivity contribution >= 4 is 15.9 Å². The Morgan fingerprint density at radius 3 is 2.33 bits per heavy atom. The fraction of sp³-hybridized carbons (Fsp3) is 0.625. The van der Waals surface area contributed by atoms with Gasteiger partial charge in [0.25, 0.3) is 0 Å². The molecular formula is C16H26BrN. The number of rotatable bonds is 7. The topological polar surface area (TPSA) is 12.0 Å². The smallest absolute Gasteiger partial charge is 0.0333 e. The number of benzene rings is 1. The molecule has 0 amide bonds. The molecule has 0 aliphatic carbocycles. The van der Waals surface area contributed by atoms with Crippen molar-refractivity contribution in [3.8, 4) is 0 Å². The first-order chi connectivity index (χ1) is 8.54. The molecule has 2 unspecified atom stereocenters. The summed E-state index contributed by atoms with van der Waals surface area (Å²) in [5.74, 6) is 1.53. The minimum atomic E-state index is 0.458. The first-order valence-electron chi connectivity index (χ1n) is 7.02. The van der Waals surface area contributed by atoms with Crippen molar-refractivity contribution in [2.24, 2.45) is 11.8 Å². The molecule has 1 rings (SSSR count). The maximum atomic E-state index is 3.67. The van der Waals surface area contributed by atoms with Crippen molar-refractivity contribution in [1.82, 2.24) is 5.32 Å². The van der Waals surface area contributed by atoms with E-state index in [9.17, 15) is 0 Å². The van der Waals surface area contributed by atoms with Crippen molar-refractivity contribution < 1.29 is 0 Å². The highest BCUT2D eigenvalue weighted by molar-refractivity contribution is 9.10. The van der Waals surface area contributed by atoms with Crippen LogP contribution in [-0.2, 0) is 0 Å². The minimum absolute atomic E-state index is 0.458. The van der Waals surface area contributed by atoms with E-state index in [4.69, 9.17) is 0 Å². The third-order valence-electron chi connectivity index (χ3n) is 3.24. The number of halogens is 1. The van der Waals surface area contributed by atoms with Gasteiger partial charge in [0.1, 0.15) is 0 Å². The van der Waals surface area contributed by atoms with Gasteiger partial charge in [0.2, 0.25) is 0 Å². The van der Waals surface area contributed by atoms with Crippen LogP contribution in [0.1, 0.15) is 52.1 Å². The van der Waals surface area contributed by atoms with E-state index in [1.807, 2.05) is 0 Å². The van der Waals surface area contributed by atoms with Gasteiger partial charge in [0.15, 0.2) is 0 Å². The summed E-state index contributed by atoms with van der Waals surface area (Å²) >= 11 is 3.67. The fourth-order valence-electron chi connectivity index (χ4n) is 2.63. The van der Waals surface area contributed by atoms with Crippen LogP contribution in [0.2, 0.25) is 0 Å². The van der Waals surface area contributed by atoms with E-state index in [0.29, 0.717) is 6.04 Å². The molecule has 0 fully saturated rings. The highest BCUT2D eigenvalue weighted by Crippen LogP contribution is 2.29. The highest BCUT2D eigenvalue weighted by Gasteiger charge is 2.17. The van der Waals surface area contributed by atoms with Gasteiger partial charge in [0, 0.05) is 10.5 Å². The Morgan fingerprint density at radius 2 is 1.78 bits per heavy atom. The first kappa shape index (κ1) is 15.7. The normalized spacial score (nSPS) is 14.8. The van der Waals surface area contributed by atoms with Crippen LogP contribution < -0.4 is 5.32 Å². The summed E-state index contributed by atoms with van der Waals surface area (Å²) in [6.45, 7) is 10.2. The van der Waals surface area contributed by atoms with Gasteiger partial charge in [-0.3, -0.25) is 0 Å². The maximum Gasteiger partial charge on any atom is 0.0333 e. The first-order valence-corrected chi connectivity index (χ1v) is 7.81. The Bertz CT molecular complexity index is 349. The van der Waals surface area contributed by atoms with E-state index in [-0.39, 0.29) is 0 Å². The Kier molecular flexibility index (Phi) is 6.95. The Balaban J connectivity index is 2.74. The molecule has 1 aromatic rings. The van der Waals surface area contributed by atoms with Gasteiger partial charge >= 0.3 is 0 Å². The third kappa shape index (κ3) is 5.11. The SMILES string of the molecule is CCNC(CC(C)CC(C)C)c1ccccc1Br. The van der Waals surface area contributed by atoms with Crippen LogP contribution in [0.15, 0.2) is 28.7 Å². The van der Waals surface area contributed by atoms with E-state index in [2.05, 4.69) is 73.2 Å². The molecule has 0 spiro atoms. The zero-order valence-electron chi connectivity index (χ0n) is 12.0. The van der Waals surface area contributed by atoms with Crippen LogP contribution in [0.3, 0.4) is 0 Å². The van der Waals surface area contributed by atoms with E-state index in [0.717, 1.165) is 18.4 Å². The van der Waals surface area contributed by atoms with E-state index in [1.165, 1.54) is 22.9 Å². The molecule has 1 nitrogen and oxygen atoms in total. The highest BCUT2D eigenvalue weighted by atomic mass is 79.9. The van der Waals surface area contributed by atoms with Crippen molar-refractivity contribution in [2.45, 2.75) is 46.6 Å². The third-order valence-corrected chi connectivity index (χ3v) is 3.97. The van der Waals surface area contributed by atoms with Gasteiger partial charge in [-0.1, -0.05) is 61.8 Å². The van der Waals surface area contributed by atoms with Crippen LogP contribution in [0.5, 0.6) is 0 Å². The van der Waals surface area contributed by atoms with E-state index in [1.54, 1.807) is 0 Å². The number of nitrogens with one attached hydrogen (secondary N) is 1. The zero-order chi connectivity index (χ0) is 13.5. The molecule has 0 radical (unpaired) electrons. The van der Waals surface area contributed by atoms with E-state index < -0.39 is 0 Å². The van der Waals surface area contributed by atoms with Crippen molar-refractivity contribution in [3.63, 3.8) is 0 Å². The van der Waals surface area contributed by atoms with Crippen molar-refractivity contribution in [2.75, 3.05) is 6.54 Å². The standard InChI is InChI=1S/C16H26BrN/c1-5-18-16(11-13(4)10-12(2)3)14-8-6-7-9-15(14)17/h6-9,12-13,16,18H,5,10-11H2,1-4H3. The molecule has 0 heterocycles. The summed E-state index contributed by atoms with van der Waals surface area (Å²) in [7, 11) is 0. The van der Waals surface area contributed by atoms with Gasteiger partial charge in [-0.15, -0.1) is 0 Å². The summed E-state index contributed by atoms with van der Waals surface area (Å²) in [6, 6.07) is 9.01. The van der Waals surface area contributed by atoms with E-state index >= 15 is 0 Å². The van der Waals surface area contributed by atoms with Crippen LogP contribution in [0.4, 0.5) is 0 Å². The molecule has 102 valence electrons. The quantitative estimate of drug-likeness (QED) is 0.732. The average Bonchev–Trinajstić information content (AvgIpc) is 2.28. The lowest BCUT2D eigenvalue weighted by atomic mass is 9.90. The van der Waals surface area contributed by atoms with Crippen LogP contribution >= 0.6 is 15.9 Å². The molecule has 0 aliphatic rings. The monoisotopic (exact) mass is 311 g/mol. The Labute approximate surface area is 120 Å². The van der Waals surface area contributed by atoms with Crippen LogP contribution in [0.25, 0.3) is 0 Å². The maximum absolute atomic E-state index is 3.67. The van der Waals surface area contributed by atoms with Crippen LogP contribution in [-0.4, -0.2) is 6.54 Å². The molecule has 0 saturated carbocycles. The van der Waals surface area contributed by atoms with Crippen LogP contribution in [0, 0.1) is 11.8 Å². The molecule has 0 aliphatic heterocycles. The molecule has 2 heteroatoms. The molecular weight excluding hydrogens is 286 g/mol. The molecule has 1 N–H and O–H groups in total. The van der Waals surface area contributed by atoms with Gasteiger partial charge < -0.3 is 5.32 Å². The lowest BCUT2D eigenvalue weighted by molar-refractivity contribution is 0.359. The summed E-state index contributed by atoms with van der Waals surface area (Å²) < 4.78 is 1.22. The second-order valence-electron chi connectivity index (χ2n) is 5.60. The molecule has 0 aromatic heterocycles. The van der Waals surface area contributed by atoms with Crippen molar-refractivity contribution in [1.29, 1.82) is 0 Å². The predicted octanol–water partition coefficient (Wildman–Crippen LogP) is 5.17. The predicted molar refractivity (Wildman–Crippen MR) is 83.8 cm³/mol. The van der Waals surface area contributed by atoms with Gasteiger partial charge in [-0.2, -0.15) is 0 Å².